The average molecular weight is 303 g/mol. The molecule has 1 aliphatic heterocycles. The lowest BCUT2D eigenvalue weighted by Gasteiger charge is -2.23. The van der Waals surface area contributed by atoms with Crippen molar-refractivity contribution in [2.75, 3.05) is 19.6 Å². The van der Waals surface area contributed by atoms with Gasteiger partial charge in [-0.3, -0.25) is 9.59 Å². The Hall–Kier alpha value is -1.62. The summed E-state index contributed by atoms with van der Waals surface area (Å²) in [7, 11) is 0. The van der Waals surface area contributed by atoms with Crippen molar-refractivity contribution in [1.82, 2.24) is 15.2 Å². The maximum atomic E-state index is 12.1. The van der Waals surface area contributed by atoms with Gasteiger partial charge >= 0.3 is 0 Å². The van der Waals surface area contributed by atoms with Gasteiger partial charge < -0.3 is 15.2 Å². The summed E-state index contributed by atoms with van der Waals surface area (Å²) in [6.45, 7) is 4.73. The first-order valence-electron chi connectivity index (χ1n) is 8.35. The minimum Gasteiger partial charge on any atom is -0.354 e. The number of H-pyrrole nitrogens is 1. The molecule has 1 atom stereocenters. The van der Waals surface area contributed by atoms with Crippen LogP contribution in [-0.4, -0.2) is 41.5 Å². The molecule has 5 heteroatoms. The van der Waals surface area contributed by atoms with Crippen LogP contribution < -0.4 is 10.7 Å². The molecule has 0 unspecified atom stereocenters. The van der Waals surface area contributed by atoms with Crippen molar-refractivity contribution in [2.24, 2.45) is 5.92 Å². The molecule has 1 aromatic rings. The fraction of sp³-hybridized carbons (Fsp3) is 0.647. The van der Waals surface area contributed by atoms with E-state index in [2.05, 4.69) is 15.2 Å². The summed E-state index contributed by atoms with van der Waals surface area (Å²) in [5.41, 5.74) is 0.941. The second-order valence-electron chi connectivity index (χ2n) is 6.71. The second-order valence-corrected chi connectivity index (χ2v) is 6.71. The standard InChI is InChI=1S/C17H25N3O2/c1-12-8-15(21)9-16(19-12)17(22)18-10-13-6-7-20(11-13)14-4-2-3-5-14/h8-9,13-14H,2-7,10-11H2,1H3,(H,18,22)(H,19,21)/t13-/m1/s1. The van der Waals surface area contributed by atoms with Crippen LogP contribution in [0.25, 0.3) is 0 Å². The van der Waals surface area contributed by atoms with Crippen molar-refractivity contribution in [1.29, 1.82) is 0 Å². The van der Waals surface area contributed by atoms with Crippen LogP contribution in [0, 0.1) is 12.8 Å². The smallest absolute Gasteiger partial charge is 0.267 e. The first-order chi connectivity index (χ1) is 10.6. The molecule has 1 aliphatic carbocycles. The first-order valence-corrected chi connectivity index (χ1v) is 8.35. The summed E-state index contributed by atoms with van der Waals surface area (Å²) in [6.07, 6.45) is 6.56. The third-order valence-corrected chi connectivity index (χ3v) is 4.93. The van der Waals surface area contributed by atoms with Gasteiger partial charge in [-0.15, -0.1) is 0 Å². The van der Waals surface area contributed by atoms with Gasteiger partial charge in [-0.05, 0) is 38.6 Å². The number of aromatic nitrogens is 1. The molecule has 1 saturated heterocycles. The largest absolute Gasteiger partial charge is 0.354 e. The van der Waals surface area contributed by atoms with E-state index in [-0.39, 0.29) is 11.3 Å². The van der Waals surface area contributed by atoms with Gasteiger partial charge in [0.1, 0.15) is 5.69 Å². The molecule has 5 nitrogen and oxygen atoms in total. The van der Waals surface area contributed by atoms with Gasteiger partial charge in [0.2, 0.25) is 0 Å². The van der Waals surface area contributed by atoms with Crippen LogP contribution >= 0.6 is 0 Å². The van der Waals surface area contributed by atoms with Gasteiger partial charge in [0.15, 0.2) is 5.43 Å². The summed E-state index contributed by atoms with van der Waals surface area (Å²) in [6, 6.07) is 3.63. The van der Waals surface area contributed by atoms with Crippen molar-refractivity contribution in [3.8, 4) is 0 Å². The van der Waals surface area contributed by atoms with Crippen LogP contribution in [0.15, 0.2) is 16.9 Å². The van der Waals surface area contributed by atoms with Gasteiger partial charge in [0.05, 0.1) is 0 Å². The Labute approximate surface area is 131 Å². The van der Waals surface area contributed by atoms with Crippen LogP contribution in [-0.2, 0) is 0 Å². The molecular formula is C17H25N3O2. The number of hydrogen-bond acceptors (Lipinski definition) is 3. The summed E-state index contributed by atoms with van der Waals surface area (Å²) < 4.78 is 0. The maximum absolute atomic E-state index is 12.1. The Morgan fingerprint density at radius 3 is 2.82 bits per heavy atom. The summed E-state index contributed by atoms with van der Waals surface area (Å²) >= 11 is 0. The Balaban J connectivity index is 1.50. The zero-order valence-electron chi connectivity index (χ0n) is 13.2. The highest BCUT2D eigenvalue weighted by Gasteiger charge is 2.29. The molecule has 120 valence electrons. The van der Waals surface area contributed by atoms with Crippen LogP contribution in [0.4, 0.5) is 0 Å². The Kier molecular flexibility index (Phi) is 4.62. The maximum Gasteiger partial charge on any atom is 0.267 e. The Morgan fingerprint density at radius 1 is 1.32 bits per heavy atom. The molecule has 0 spiro atoms. The Bertz CT molecular complexity index is 590. The molecule has 2 fully saturated rings. The van der Waals surface area contributed by atoms with Crippen molar-refractivity contribution in [2.45, 2.75) is 45.1 Å². The lowest BCUT2D eigenvalue weighted by Crippen LogP contribution is -2.34. The van der Waals surface area contributed by atoms with E-state index in [1.807, 2.05) is 0 Å². The quantitative estimate of drug-likeness (QED) is 0.889. The summed E-state index contributed by atoms with van der Waals surface area (Å²) in [5.74, 6) is 0.348. The molecule has 2 aliphatic rings. The number of nitrogens with zero attached hydrogens (tertiary/aromatic N) is 1. The minimum atomic E-state index is -0.180. The van der Waals surface area contributed by atoms with Crippen molar-refractivity contribution in [3.05, 3.63) is 33.7 Å². The van der Waals surface area contributed by atoms with Gasteiger partial charge in [-0.1, -0.05) is 12.8 Å². The monoisotopic (exact) mass is 303 g/mol. The SMILES string of the molecule is Cc1cc(=O)cc(C(=O)NC[C@H]2CCN(C3CCCC3)C2)[nH]1. The topological polar surface area (TPSA) is 65.2 Å². The molecule has 2 N–H and O–H groups in total. The molecule has 0 aromatic carbocycles. The molecule has 22 heavy (non-hydrogen) atoms. The normalized spacial score (nSPS) is 23.0. The van der Waals surface area contributed by atoms with Gasteiger partial charge in [-0.25, -0.2) is 0 Å². The lowest BCUT2D eigenvalue weighted by atomic mass is 10.1. The third-order valence-electron chi connectivity index (χ3n) is 4.93. The number of pyridine rings is 1. The van der Waals surface area contributed by atoms with E-state index in [4.69, 9.17) is 0 Å². The van der Waals surface area contributed by atoms with Crippen LogP contribution in [0.2, 0.25) is 0 Å². The van der Waals surface area contributed by atoms with Crippen molar-refractivity contribution in [3.63, 3.8) is 0 Å². The highest BCUT2D eigenvalue weighted by Crippen LogP contribution is 2.28. The lowest BCUT2D eigenvalue weighted by molar-refractivity contribution is 0.0941. The number of rotatable bonds is 4. The molecule has 2 heterocycles. The number of amides is 1. The zero-order valence-corrected chi connectivity index (χ0v) is 13.2. The van der Waals surface area contributed by atoms with Gasteiger partial charge in [0, 0.05) is 37.0 Å². The Morgan fingerprint density at radius 2 is 2.09 bits per heavy atom. The van der Waals surface area contributed by atoms with Crippen LogP contribution in [0.5, 0.6) is 0 Å². The highest BCUT2D eigenvalue weighted by molar-refractivity contribution is 5.92. The molecular weight excluding hydrogens is 278 g/mol. The fourth-order valence-corrected chi connectivity index (χ4v) is 3.77. The number of nitrogens with one attached hydrogen (secondary N) is 2. The van der Waals surface area contributed by atoms with E-state index in [1.165, 1.54) is 37.8 Å². The van der Waals surface area contributed by atoms with Gasteiger partial charge in [0.25, 0.3) is 5.91 Å². The summed E-state index contributed by atoms with van der Waals surface area (Å²) in [4.78, 5) is 29.2. The summed E-state index contributed by atoms with van der Waals surface area (Å²) in [5, 5.41) is 2.97. The predicted molar refractivity (Wildman–Crippen MR) is 86.1 cm³/mol. The molecule has 0 bridgehead atoms. The predicted octanol–water partition coefficient (Wildman–Crippen LogP) is 1.68. The van der Waals surface area contributed by atoms with E-state index in [9.17, 15) is 9.59 Å². The number of aryl methyl sites for hydroxylation is 1. The second kappa shape index (κ2) is 6.65. The molecule has 0 radical (unpaired) electrons. The van der Waals surface area contributed by atoms with Gasteiger partial charge in [-0.2, -0.15) is 0 Å². The molecule has 1 amide bonds. The third kappa shape index (κ3) is 3.58. The number of carbonyl (C=O) groups excluding carboxylic acids is 1. The van der Waals surface area contributed by atoms with Crippen molar-refractivity contribution >= 4 is 5.91 Å². The zero-order chi connectivity index (χ0) is 15.5. The molecule has 1 aromatic heterocycles. The van der Waals surface area contributed by atoms with E-state index in [0.29, 0.717) is 23.9 Å². The molecule has 3 rings (SSSR count). The van der Waals surface area contributed by atoms with Crippen LogP contribution in [0.3, 0.4) is 0 Å². The van der Waals surface area contributed by atoms with E-state index >= 15 is 0 Å². The average Bonchev–Trinajstić information content (AvgIpc) is 3.14. The van der Waals surface area contributed by atoms with Crippen molar-refractivity contribution < 1.29 is 4.79 Å². The number of hydrogen-bond donors (Lipinski definition) is 2. The minimum absolute atomic E-state index is 0.130. The van der Waals surface area contributed by atoms with Crippen LogP contribution in [0.1, 0.15) is 48.3 Å². The van der Waals surface area contributed by atoms with E-state index < -0.39 is 0 Å². The van der Waals surface area contributed by atoms with E-state index in [1.54, 1.807) is 6.92 Å². The number of likely N-dealkylation sites (tertiary alicyclic amines) is 1. The molecule has 1 saturated carbocycles. The first kappa shape index (κ1) is 15.3. The highest BCUT2D eigenvalue weighted by atomic mass is 16.2. The fourth-order valence-electron chi connectivity index (χ4n) is 3.77. The number of carbonyl (C=O) groups is 1. The number of aromatic amines is 1. The van der Waals surface area contributed by atoms with E-state index in [0.717, 1.165) is 25.6 Å².